The number of hydrogen-bond donors (Lipinski definition) is 2. The molecule has 1 aromatic heterocycles. The molecule has 88 valence electrons. The van der Waals surface area contributed by atoms with Crippen LogP contribution in [0.5, 0.6) is 0 Å². The van der Waals surface area contributed by atoms with Gasteiger partial charge in [-0.15, -0.1) is 0 Å². The van der Waals surface area contributed by atoms with E-state index in [2.05, 4.69) is 5.32 Å². The van der Waals surface area contributed by atoms with Crippen molar-refractivity contribution < 1.29 is 9.21 Å². The summed E-state index contributed by atoms with van der Waals surface area (Å²) >= 11 is 0. The molecule has 1 heterocycles. The number of furan rings is 1. The zero-order valence-electron chi connectivity index (χ0n) is 9.69. The van der Waals surface area contributed by atoms with Gasteiger partial charge in [0.25, 0.3) is 0 Å². The smallest absolute Gasteiger partial charge is 0.224 e. The molecule has 4 nitrogen and oxygen atoms in total. The van der Waals surface area contributed by atoms with Crippen LogP contribution >= 0.6 is 0 Å². The van der Waals surface area contributed by atoms with Crippen LogP contribution in [0.4, 0.5) is 0 Å². The van der Waals surface area contributed by atoms with Gasteiger partial charge in [0.1, 0.15) is 5.76 Å². The van der Waals surface area contributed by atoms with E-state index in [9.17, 15) is 4.79 Å². The van der Waals surface area contributed by atoms with Gasteiger partial charge in [-0.1, -0.05) is 6.08 Å². The van der Waals surface area contributed by atoms with Crippen LogP contribution in [0, 0.1) is 5.41 Å². The van der Waals surface area contributed by atoms with Crippen LogP contribution in [0.2, 0.25) is 0 Å². The molecule has 0 spiro atoms. The largest absolute Gasteiger partial charge is 0.465 e. The number of nitrogens with two attached hydrogens (primary N) is 1. The fourth-order valence-electron chi connectivity index (χ4n) is 1.12. The minimum atomic E-state index is -0.515. The molecule has 0 aliphatic heterocycles. The van der Waals surface area contributed by atoms with Crippen molar-refractivity contribution in [1.82, 2.24) is 5.32 Å². The third kappa shape index (κ3) is 3.90. The molecule has 0 bridgehead atoms. The second kappa shape index (κ2) is 5.51. The summed E-state index contributed by atoms with van der Waals surface area (Å²) in [5.74, 6) is 0.519. The molecular weight excluding hydrogens is 204 g/mol. The summed E-state index contributed by atoms with van der Waals surface area (Å²) in [4.78, 5) is 11.0. The first-order valence-corrected chi connectivity index (χ1v) is 5.23. The molecule has 1 amide bonds. The summed E-state index contributed by atoms with van der Waals surface area (Å²) in [5.41, 5.74) is 4.73. The van der Waals surface area contributed by atoms with Crippen LogP contribution in [-0.2, 0) is 4.79 Å². The van der Waals surface area contributed by atoms with Crippen LogP contribution in [-0.4, -0.2) is 19.0 Å². The lowest BCUT2D eigenvalue weighted by Gasteiger charge is -2.20. The average Bonchev–Trinajstić information content (AvgIpc) is 2.69. The Kier molecular flexibility index (Phi) is 4.31. The monoisotopic (exact) mass is 222 g/mol. The third-order valence-corrected chi connectivity index (χ3v) is 2.32. The number of carbonyl (C=O) groups excluding carboxylic acids is 1. The summed E-state index contributed by atoms with van der Waals surface area (Å²) in [7, 11) is 0. The highest BCUT2D eigenvalue weighted by molar-refractivity contribution is 5.80. The van der Waals surface area contributed by atoms with E-state index in [1.54, 1.807) is 6.26 Å². The highest BCUT2D eigenvalue weighted by Gasteiger charge is 2.23. The topological polar surface area (TPSA) is 68.3 Å². The van der Waals surface area contributed by atoms with Gasteiger partial charge in [0.05, 0.1) is 11.7 Å². The van der Waals surface area contributed by atoms with E-state index < -0.39 is 5.41 Å². The molecular formula is C12H18N2O2. The molecule has 0 saturated heterocycles. The first kappa shape index (κ1) is 12.5. The van der Waals surface area contributed by atoms with E-state index in [0.29, 0.717) is 13.1 Å². The fraction of sp³-hybridized carbons (Fsp3) is 0.417. The second-order valence-corrected chi connectivity index (χ2v) is 4.30. The lowest BCUT2D eigenvalue weighted by Crippen LogP contribution is -2.40. The molecule has 1 aromatic rings. The highest BCUT2D eigenvalue weighted by atomic mass is 16.3. The number of amides is 1. The summed E-state index contributed by atoms with van der Waals surface area (Å²) in [5, 5.41) is 3.14. The molecule has 0 fully saturated rings. The number of rotatable bonds is 6. The normalized spacial score (nSPS) is 12.1. The molecule has 0 aliphatic carbocycles. The van der Waals surface area contributed by atoms with E-state index in [-0.39, 0.29) is 5.91 Å². The van der Waals surface area contributed by atoms with Gasteiger partial charge in [-0.25, -0.2) is 0 Å². The predicted octanol–water partition coefficient (Wildman–Crippen LogP) is 1.39. The number of hydrogen-bond acceptors (Lipinski definition) is 3. The van der Waals surface area contributed by atoms with Crippen molar-refractivity contribution in [2.24, 2.45) is 11.1 Å². The number of primary amides is 1. The van der Waals surface area contributed by atoms with Crippen molar-refractivity contribution in [1.29, 1.82) is 0 Å². The Bertz CT molecular complexity index is 353. The first-order chi connectivity index (χ1) is 7.52. The van der Waals surface area contributed by atoms with Crippen LogP contribution in [0.25, 0.3) is 6.08 Å². The molecule has 3 N–H and O–H groups in total. The summed E-state index contributed by atoms with van der Waals surface area (Å²) in [6.45, 7) is 4.87. The van der Waals surface area contributed by atoms with Gasteiger partial charge in [-0.05, 0) is 32.1 Å². The number of carbonyl (C=O) groups is 1. The Balaban J connectivity index is 2.24. The SMILES string of the molecule is CC(C)(CNC/C=C/c1ccco1)C(N)=O. The van der Waals surface area contributed by atoms with Gasteiger partial charge in [0, 0.05) is 13.1 Å². The summed E-state index contributed by atoms with van der Waals surface area (Å²) in [6.07, 6.45) is 5.45. The Hall–Kier alpha value is -1.55. The summed E-state index contributed by atoms with van der Waals surface area (Å²) < 4.78 is 5.13. The van der Waals surface area contributed by atoms with Gasteiger partial charge in [0.15, 0.2) is 0 Å². The van der Waals surface area contributed by atoms with Gasteiger partial charge in [-0.3, -0.25) is 4.79 Å². The molecule has 0 atom stereocenters. The predicted molar refractivity (Wildman–Crippen MR) is 63.6 cm³/mol. The maximum Gasteiger partial charge on any atom is 0.224 e. The third-order valence-electron chi connectivity index (χ3n) is 2.32. The van der Waals surface area contributed by atoms with Crippen molar-refractivity contribution in [2.45, 2.75) is 13.8 Å². The zero-order chi connectivity index (χ0) is 12.0. The van der Waals surface area contributed by atoms with Crippen molar-refractivity contribution in [3.8, 4) is 0 Å². The van der Waals surface area contributed by atoms with E-state index in [1.807, 2.05) is 38.1 Å². The van der Waals surface area contributed by atoms with Crippen molar-refractivity contribution in [2.75, 3.05) is 13.1 Å². The summed E-state index contributed by atoms with van der Waals surface area (Å²) in [6, 6.07) is 3.72. The molecule has 4 heteroatoms. The van der Waals surface area contributed by atoms with Crippen molar-refractivity contribution in [3.63, 3.8) is 0 Å². The van der Waals surface area contributed by atoms with Crippen LogP contribution in [0.15, 0.2) is 28.9 Å². The molecule has 0 aliphatic rings. The van der Waals surface area contributed by atoms with Crippen molar-refractivity contribution in [3.05, 3.63) is 30.2 Å². The molecule has 0 aromatic carbocycles. The Morgan fingerprint density at radius 1 is 1.62 bits per heavy atom. The van der Waals surface area contributed by atoms with Crippen LogP contribution in [0.3, 0.4) is 0 Å². The van der Waals surface area contributed by atoms with E-state index >= 15 is 0 Å². The van der Waals surface area contributed by atoms with E-state index in [1.165, 1.54) is 0 Å². The Labute approximate surface area is 95.5 Å². The molecule has 0 saturated carbocycles. The molecule has 0 radical (unpaired) electrons. The molecule has 0 unspecified atom stereocenters. The first-order valence-electron chi connectivity index (χ1n) is 5.23. The lowest BCUT2D eigenvalue weighted by molar-refractivity contribution is -0.125. The van der Waals surface area contributed by atoms with E-state index in [4.69, 9.17) is 10.2 Å². The average molecular weight is 222 g/mol. The minimum absolute atomic E-state index is 0.296. The van der Waals surface area contributed by atoms with Gasteiger partial charge in [-0.2, -0.15) is 0 Å². The molecule has 1 rings (SSSR count). The Morgan fingerprint density at radius 3 is 2.94 bits per heavy atom. The van der Waals surface area contributed by atoms with E-state index in [0.717, 1.165) is 5.76 Å². The van der Waals surface area contributed by atoms with Crippen molar-refractivity contribution >= 4 is 12.0 Å². The standard InChI is InChI=1S/C12H18N2O2/c1-12(2,11(13)15)9-14-7-3-5-10-6-4-8-16-10/h3-6,8,14H,7,9H2,1-2H3,(H2,13,15)/b5-3+. The second-order valence-electron chi connectivity index (χ2n) is 4.30. The molecule has 16 heavy (non-hydrogen) atoms. The maximum atomic E-state index is 11.0. The van der Waals surface area contributed by atoms with Gasteiger partial charge >= 0.3 is 0 Å². The quantitative estimate of drug-likeness (QED) is 0.715. The highest BCUT2D eigenvalue weighted by Crippen LogP contribution is 2.11. The fourth-order valence-corrected chi connectivity index (χ4v) is 1.12. The number of nitrogens with one attached hydrogen (secondary N) is 1. The van der Waals surface area contributed by atoms with Crippen LogP contribution in [0.1, 0.15) is 19.6 Å². The van der Waals surface area contributed by atoms with Crippen LogP contribution < -0.4 is 11.1 Å². The zero-order valence-corrected chi connectivity index (χ0v) is 9.69. The van der Waals surface area contributed by atoms with Gasteiger partial charge < -0.3 is 15.5 Å². The minimum Gasteiger partial charge on any atom is -0.465 e. The maximum absolute atomic E-state index is 11.0. The van der Waals surface area contributed by atoms with Gasteiger partial charge in [0.2, 0.25) is 5.91 Å². The lowest BCUT2D eigenvalue weighted by atomic mass is 9.93. The Morgan fingerprint density at radius 2 is 2.38 bits per heavy atom.